The van der Waals surface area contributed by atoms with Crippen molar-refractivity contribution < 1.29 is 4.74 Å². The minimum Gasteiger partial charge on any atom is -0.497 e. The molecule has 0 amide bonds. The molecule has 4 rings (SSSR count). The molecule has 5 nitrogen and oxygen atoms in total. The predicted octanol–water partition coefficient (Wildman–Crippen LogP) is 4.14. The van der Waals surface area contributed by atoms with Crippen LogP contribution in [0.2, 0.25) is 0 Å². The first-order valence-corrected chi connectivity index (χ1v) is 8.97. The lowest BCUT2D eigenvalue weighted by Crippen LogP contribution is -2.33. The van der Waals surface area contributed by atoms with Gasteiger partial charge in [-0.2, -0.15) is 5.26 Å². The van der Waals surface area contributed by atoms with Gasteiger partial charge in [0.15, 0.2) is 0 Å². The van der Waals surface area contributed by atoms with Crippen LogP contribution >= 0.6 is 0 Å². The van der Waals surface area contributed by atoms with Crippen molar-refractivity contribution in [2.75, 3.05) is 25.1 Å². The average molecular weight is 346 g/mol. The summed E-state index contributed by atoms with van der Waals surface area (Å²) in [4.78, 5) is 10.2. The maximum atomic E-state index is 9.21. The third-order valence-corrected chi connectivity index (χ3v) is 5.37. The third-order valence-electron chi connectivity index (χ3n) is 5.37. The Morgan fingerprint density at radius 3 is 2.77 bits per heavy atom. The van der Waals surface area contributed by atoms with Crippen LogP contribution in [-0.4, -0.2) is 30.2 Å². The summed E-state index contributed by atoms with van der Waals surface area (Å²) in [5.74, 6) is 2.32. The molecule has 1 aromatic carbocycles. The van der Waals surface area contributed by atoms with Crippen LogP contribution in [0.15, 0.2) is 36.5 Å². The fourth-order valence-electron chi connectivity index (χ4n) is 3.81. The van der Waals surface area contributed by atoms with E-state index in [4.69, 9.17) is 4.74 Å². The molecule has 3 heterocycles. The van der Waals surface area contributed by atoms with E-state index >= 15 is 0 Å². The Kier molecular flexibility index (Phi) is 4.26. The highest BCUT2D eigenvalue weighted by molar-refractivity contribution is 5.85. The summed E-state index contributed by atoms with van der Waals surface area (Å²) in [7, 11) is 1.70. The number of nitrogens with one attached hydrogen (secondary N) is 1. The van der Waals surface area contributed by atoms with E-state index in [0.29, 0.717) is 11.6 Å². The van der Waals surface area contributed by atoms with Crippen LogP contribution in [0.25, 0.3) is 10.9 Å². The van der Waals surface area contributed by atoms with Gasteiger partial charge in [-0.05, 0) is 61.1 Å². The van der Waals surface area contributed by atoms with Gasteiger partial charge in [0.1, 0.15) is 23.3 Å². The second-order valence-corrected chi connectivity index (χ2v) is 6.86. The second kappa shape index (κ2) is 6.72. The number of rotatable bonds is 3. The molecule has 132 valence electrons. The van der Waals surface area contributed by atoms with E-state index in [1.165, 1.54) is 10.9 Å². The van der Waals surface area contributed by atoms with Crippen LogP contribution in [0, 0.1) is 18.3 Å². The first-order chi connectivity index (χ1) is 12.7. The number of anilines is 1. The van der Waals surface area contributed by atoms with Crippen LogP contribution in [0.3, 0.4) is 0 Å². The number of H-pyrrole nitrogens is 1. The summed E-state index contributed by atoms with van der Waals surface area (Å²) in [5, 5.41) is 10.5. The fourth-order valence-corrected chi connectivity index (χ4v) is 3.81. The molecule has 0 unspecified atom stereocenters. The molecule has 3 aromatic rings. The highest BCUT2D eigenvalue weighted by Crippen LogP contribution is 2.35. The first kappa shape index (κ1) is 16.5. The van der Waals surface area contributed by atoms with E-state index in [9.17, 15) is 5.26 Å². The zero-order valence-electron chi connectivity index (χ0n) is 15.1. The minimum atomic E-state index is 0.521. The molecule has 1 N–H and O–H groups in total. The normalized spacial score (nSPS) is 15.2. The average Bonchev–Trinajstić information content (AvgIpc) is 3.11. The number of piperidine rings is 1. The Hall–Kier alpha value is -3.00. The summed E-state index contributed by atoms with van der Waals surface area (Å²) >= 11 is 0. The van der Waals surface area contributed by atoms with Crippen molar-refractivity contribution in [2.45, 2.75) is 25.7 Å². The number of nitrogens with zero attached hydrogens (tertiary/aromatic N) is 3. The number of hydrogen-bond acceptors (Lipinski definition) is 4. The second-order valence-electron chi connectivity index (χ2n) is 6.86. The SMILES string of the molecule is COc1ccc2[nH]cc(C3CCN(c4ccc(C)c(C#N)n4)CC3)c2c1. The van der Waals surface area contributed by atoms with Gasteiger partial charge in [-0.3, -0.25) is 0 Å². The molecular formula is C21H22N4O. The van der Waals surface area contributed by atoms with Crippen molar-refractivity contribution in [1.82, 2.24) is 9.97 Å². The highest BCUT2D eigenvalue weighted by Gasteiger charge is 2.24. The van der Waals surface area contributed by atoms with Gasteiger partial charge in [0.2, 0.25) is 0 Å². The number of pyridine rings is 1. The molecular weight excluding hydrogens is 324 g/mol. The zero-order chi connectivity index (χ0) is 18.1. The van der Waals surface area contributed by atoms with Crippen molar-refractivity contribution in [1.29, 1.82) is 5.26 Å². The van der Waals surface area contributed by atoms with Crippen LogP contribution in [0.5, 0.6) is 5.75 Å². The molecule has 0 aliphatic carbocycles. The number of nitriles is 1. The minimum absolute atomic E-state index is 0.521. The van der Waals surface area contributed by atoms with Crippen molar-refractivity contribution in [3.05, 3.63) is 53.3 Å². The van der Waals surface area contributed by atoms with Gasteiger partial charge in [0, 0.05) is 30.2 Å². The molecule has 0 radical (unpaired) electrons. The largest absolute Gasteiger partial charge is 0.497 e. The van der Waals surface area contributed by atoms with E-state index in [0.717, 1.165) is 48.6 Å². The number of aromatic amines is 1. The van der Waals surface area contributed by atoms with E-state index < -0.39 is 0 Å². The molecule has 1 aliphatic heterocycles. The smallest absolute Gasteiger partial charge is 0.145 e. The summed E-state index contributed by atoms with van der Waals surface area (Å²) in [5.41, 5.74) is 3.97. The number of fused-ring (bicyclic) bond motifs is 1. The molecule has 0 atom stereocenters. The summed E-state index contributed by atoms with van der Waals surface area (Å²) in [6.45, 7) is 3.82. The number of benzene rings is 1. The van der Waals surface area contributed by atoms with Crippen molar-refractivity contribution in [3.63, 3.8) is 0 Å². The lowest BCUT2D eigenvalue weighted by molar-refractivity contribution is 0.415. The maximum absolute atomic E-state index is 9.21. The Bertz CT molecular complexity index is 977. The quantitative estimate of drug-likeness (QED) is 0.774. The third kappa shape index (κ3) is 2.88. The summed E-state index contributed by atoms with van der Waals surface area (Å²) in [6.07, 6.45) is 4.28. The van der Waals surface area contributed by atoms with Crippen LogP contribution < -0.4 is 9.64 Å². The fraction of sp³-hybridized carbons (Fsp3) is 0.333. The number of hydrogen-bond donors (Lipinski definition) is 1. The molecule has 5 heteroatoms. The van der Waals surface area contributed by atoms with E-state index in [-0.39, 0.29) is 0 Å². The van der Waals surface area contributed by atoms with Crippen molar-refractivity contribution in [2.24, 2.45) is 0 Å². The number of methoxy groups -OCH3 is 1. The van der Waals surface area contributed by atoms with Gasteiger partial charge in [-0.25, -0.2) is 4.98 Å². The highest BCUT2D eigenvalue weighted by atomic mass is 16.5. The van der Waals surface area contributed by atoms with Gasteiger partial charge >= 0.3 is 0 Å². The lowest BCUT2D eigenvalue weighted by atomic mass is 9.89. The van der Waals surface area contributed by atoms with Crippen molar-refractivity contribution in [3.8, 4) is 11.8 Å². The van der Waals surface area contributed by atoms with E-state index in [1.54, 1.807) is 7.11 Å². The molecule has 1 aliphatic rings. The van der Waals surface area contributed by atoms with Crippen molar-refractivity contribution >= 4 is 16.7 Å². The van der Waals surface area contributed by atoms with E-state index in [2.05, 4.69) is 39.3 Å². The molecule has 2 aromatic heterocycles. The molecule has 1 saturated heterocycles. The Morgan fingerprint density at radius 2 is 2.04 bits per heavy atom. The van der Waals surface area contributed by atoms with E-state index in [1.807, 2.05) is 25.1 Å². The van der Waals surface area contributed by atoms with Crippen LogP contribution in [0.4, 0.5) is 5.82 Å². The van der Waals surface area contributed by atoms with Gasteiger partial charge in [-0.1, -0.05) is 6.07 Å². The van der Waals surface area contributed by atoms with Gasteiger partial charge in [0.05, 0.1) is 7.11 Å². The monoisotopic (exact) mass is 346 g/mol. The van der Waals surface area contributed by atoms with Gasteiger partial charge in [0.25, 0.3) is 0 Å². The molecule has 0 saturated carbocycles. The summed E-state index contributed by atoms with van der Waals surface area (Å²) in [6, 6.07) is 12.4. The van der Waals surface area contributed by atoms with Crippen LogP contribution in [-0.2, 0) is 0 Å². The van der Waals surface area contributed by atoms with Gasteiger partial charge in [-0.15, -0.1) is 0 Å². The van der Waals surface area contributed by atoms with Crippen LogP contribution in [0.1, 0.15) is 35.6 Å². The number of ether oxygens (including phenoxy) is 1. The lowest BCUT2D eigenvalue weighted by Gasteiger charge is -2.33. The first-order valence-electron chi connectivity index (χ1n) is 8.97. The molecule has 1 fully saturated rings. The Labute approximate surface area is 153 Å². The number of aryl methyl sites for hydroxylation is 1. The molecule has 0 spiro atoms. The maximum Gasteiger partial charge on any atom is 0.145 e. The molecule has 26 heavy (non-hydrogen) atoms. The number of aromatic nitrogens is 2. The standard InChI is InChI=1S/C21H22N4O/c1-14-3-6-21(24-20(14)12-22)25-9-7-15(8-10-25)18-13-23-19-5-4-16(26-2)11-17(18)19/h3-6,11,13,15,23H,7-10H2,1-2H3. The Morgan fingerprint density at radius 1 is 1.23 bits per heavy atom. The molecule has 0 bridgehead atoms. The zero-order valence-corrected chi connectivity index (χ0v) is 15.1. The predicted molar refractivity (Wildman–Crippen MR) is 103 cm³/mol. The Balaban J connectivity index is 1.53. The van der Waals surface area contributed by atoms with Gasteiger partial charge < -0.3 is 14.6 Å². The topological polar surface area (TPSA) is 64.9 Å². The summed E-state index contributed by atoms with van der Waals surface area (Å²) < 4.78 is 5.38.